The van der Waals surface area contributed by atoms with Crippen LogP contribution < -0.4 is 0 Å². The number of thioether (sulfide) groups is 1. The molecule has 2 rings (SSSR count). The number of benzene rings is 2. The smallest absolute Gasteiger partial charge is 0.163 e. The minimum atomic E-state index is 0.114. The highest BCUT2D eigenvalue weighted by molar-refractivity contribution is 7.98. The Hall–Kier alpha value is -2.05. The van der Waals surface area contributed by atoms with Gasteiger partial charge < -0.3 is 0 Å². The van der Waals surface area contributed by atoms with Crippen molar-refractivity contribution in [1.82, 2.24) is 0 Å². The average Bonchev–Trinajstić information content (AvgIpc) is 2.53. The van der Waals surface area contributed by atoms with Crippen LogP contribution in [0.1, 0.15) is 27.9 Å². The summed E-state index contributed by atoms with van der Waals surface area (Å²) in [5, 5.41) is 8.73. The Morgan fingerprint density at radius 1 is 1.10 bits per heavy atom. The number of rotatable bonds is 5. The Morgan fingerprint density at radius 2 is 1.75 bits per heavy atom. The van der Waals surface area contributed by atoms with Gasteiger partial charge >= 0.3 is 0 Å². The minimum absolute atomic E-state index is 0.114. The Bertz CT molecular complexity index is 624. The molecule has 0 radical (unpaired) electrons. The van der Waals surface area contributed by atoms with E-state index in [-0.39, 0.29) is 5.78 Å². The van der Waals surface area contributed by atoms with E-state index in [1.165, 1.54) is 10.5 Å². The number of hydrogen-bond acceptors (Lipinski definition) is 3. The van der Waals surface area contributed by atoms with Crippen LogP contribution in [0.2, 0.25) is 0 Å². The number of carbonyl (C=O) groups excluding carboxylic acids is 1. The second-order valence-corrected chi connectivity index (χ2v) is 5.34. The van der Waals surface area contributed by atoms with Crippen molar-refractivity contribution in [3.63, 3.8) is 0 Å². The van der Waals surface area contributed by atoms with Crippen LogP contribution in [-0.2, 0) is 6.42 Å². The van der Waals surface area contributed by atoms with Crippen molar-refractivity contribution in [2.45, 2.75) is 17.7 Å². The maximum Gasteiger partial charge on any atom is 0.163 e. The molecular weight excluding hydrogens is 266 g/mol. The first kappa shape index (κ1) is 14.4. The Labute approximate surface area is 123 Å². The summed E-state index contributed by atoms with van der Waals surface area (Å²) in [6.07, 6.45) is 3.28. The molecule has 0 heterocycles. The highest BCUT2D eigenvalue weighted by atomic mass is 32.2. The van der Waals surface area contributed by atoms with Gasteiger partial charge in [0.05, 0.1) is 11.6 Å². The number of ketones is 1. The first-order chi connectivity index (χ1) is 9.72. The Kier molecular flexibility index (Phi) is 4.97. The molecule has 0 N–H and O–H groups in total. The standard InChI is InChI=1S/C17H15NOS/c1-20-16-9-4-13(5-10-16)6-11-17(19)15-7-2-14(12-18)3-8-15/h2-5,7-10H,6,11H2,1H3. The van der Waals surface area contributed by atoms with Gasteiger partial charge in [0, 0.05) is 16.9 Å². The number of nitrogens with zero attached hydrogens (tertiary/aromatic N) is 1. The molecule has 0 atom stereocenters. The fourth-order valence-electron chi connectivity index (χ4n) is 1.93. The van der Waals surface area contributed by atoms with Gasteiger partial charge in [0.2, 0.25) is 0 Å². The highest BCUT2D eigenvalue weighted by Crippen LogP contribution is 2.16. The maximum absolute atomic E-state index is 12.1. The van der Waals surface area contributed by atoms with Crippen molar-refractivity contribution in [3.05, 3.63) is 65.2 Å². The summed E-state index contributed by atoms with van der Waals surface area (Å²) in [4.78, 5) is 13.3. The van der Waals surface area contributed by atoms with Crippen LogP contribution in [0.25, 0.3) is 0 Å². The first-order valence-corrected chi connectivity index (χ1v) is 7.61. The maximum atomic E-state index is 12.1. The second kappa shape index (κ2) is 6.93. The van der Waals surface area contributed by atoms with Crippen LogP contribution in [0.4, 0.5) is 0 Å². The summed E-state index contributed by atoms with van der Waals surface area (Å²) in [5.41, 5.74) is 2.42. The van der Waals surface area contributed by atoms with Crippen molar-refractivity contribution in [1.29, 1.82) is 5.26 Å². The van der Waals surface area contributed by atoms with Gasteiger partial charge in [-0.2, -0.15) is 5.26 Å². The second-order valence-electron chi connectivity index (χ2n) is 4.46. The molecule has 100 valence electrons. The van der Waals surface area contributed by atoms with Gasteiger partial charge in [-0.3, -0.25) is 4.79 Å². The third kappa shape index (κ3) is 3.72. The molecule has 2 aromatic carbocycles. The van der Waals surface area contributed by atoms with Crippen LogP contribution in [0.3, 0.4) is 0 Å². The third-order valence-electron chi connectivity index (χ3n) is 3.14. The molecule has 0 saturated carbocycles. The van der Waals surface area contributed by atoms with Gasteiger partial charge in [0.15, 0.2) is 5.78 Å². The van der Waals surface area contributed by atoms with Gasteiger partial charge in [-0.1, -0.05) is 24.3 Å². The van der Waals surface area contributed by atoms with Gasteiger partial charge in [-0.25, -0.2) is 0 Å². The lowest BCUT2D eigenvalue weighted by atomic mass is 10.0. The molecule has 20 heavy (non-hydrogen) atoms. The summed E-state index contributed by atoms with van der Waals surface area (Å²) in [6.45, 7) is 0. The van der Waals surface area contributed by atoms with Gasteiger partial charge in [-0.15, -0.1) is 11.8 Å². The van der Waals surface area contributed by atoms with E-state index in [1.54, 1.807) is 36.0 Å². The zero-order chi connectivity index (χ0) is 14.4. The van der Waals surface area contributed by atoms with Crippen molar-refractivity contribution >= 4 is 17.5 Å². The van der Waals surface area contributed by atoms with Crippen molar-refractivity contribution in [3.8, 4) is 6.07 Å². The van der Waals surface area contributed by atoms with E-state index in [1.807, 2.05) is 12.3 Å². The van der Waals surface area contributed by atoms with E-state index in [2.05, 4.69) is 24.3 Å². The Balaban J connectivity index is 1.95. The highest BCUT2D eigenvalue weighted by Gasteiger charge is 2.06. The van der Waals surface area contributed by atoms with E-state index < -0.39 is 0 Å². The van der Waals surface area contributed by atoms with E-state index in [9.17, 15) is 4.79 Å². The topological polar surface area (TPSA) is 40.9 Å². The van der Waals surface area contributed by atoms with Gasteiger partial charge in [0.25, 0.3) is 0 Å². The molecular formula is C17H15NOS. The van der Waals surface area contributed by atoms with E-state index in [0.29, 0.717) is 17.5 Å². The molecule has 0 amide bonds. The van der Waals surface area contributed by atoms with E-state index in [4.69, 9.17) is 5.26 Å². The van der Waals surface area contributed by atoms with Crippen molar-refractivity contribution in [2.24, 2.45) is 0 Å². The predicted octanol–water partition coefficient (Wildman–Crippen LogP) is 4.10. The lowest BCUT2D eigenvalue weighted by Gasteiger charge is -2.03. The van der Waals surface area contributed by atoms with Crippen LogP contribution in [0.15, 0.2) is 53.4 Å². The summed E-state index contributed by atoms with van der Waals surface area (Å²) >= 11 is 1.71. The molecule has 0 bridgehead atoms. The van der Waals surface area contributed by atoms with Gasteiger partial charge in [0.1, 0.15) is 0 Å². The van der Waals surface area contributed by atoms with E-state index >= 15 is 0 Å². The third-order valence-corrected chi connectivity index (χ3v) is 3.88. The average molecular weight is 281 g/mol. The number of aryl methyl sites for hydroxylation is 1. The SMILES string of the molecule is CSc1ccc(CCC(=O)c2ccc(C#N)cc2)cc1. The van der Waals surface area contributed by atoms with Gasteiger partial charge in [-0.05, 0) is 42.5 Å². The molecule has 2 nitrogen and oxygen atoms in total. The number of nitriles is 1. The van der Waals surface area contributed by atoms with Crippen LogP contribution >= 0.6 is 11.8 Å². The quantitative estimate of drug-likeness (QED) is 0.612. The van der Waals surface area contributed by atoms with Crippen LogP contribution in [0.5, 0.6) is 0 Å². The monoisotopic (exact) mass is 281 g/mol. The lowest BCUT2D eigenvalue weighted by Crippen LogP contribution is -2.01. The number of hydrogen-bond donors (Lipinski definition) is 0. The fraction of sp³-hybridized carbons (Fsp3) is 0.176. The zero-order valence-electron chi connectivity index (χ0n) is 11.3. The van der Waals surface area contributed by atoms with Crippen LogP contribution in [-0.4, -0.2) is 12.0 Å². The van der Waals surface area contributed by atoms with E-state index in [0.717, 1.165) is 6.42 Å². The largest absolute Gasteiger partial charge is 0.294 e. The summed E-state index contributed by atoms with van der Waals surface area (Å²) < 4.78 is 0. The zero-order valence-corrected chi connectivity index (χ0v) is 12.1. The molecule has 0 aromatic heterocycles. The molecule has 2 aromatic rings. The minimum Gasteiger partial charge on any atom is -0.294 e. The first-order valence-electron chi connectivity index (χ1n) is 6.39. The van der Waals surface area contributed by atoms with Crippen molar-refractivity contribution in [2.75, 3.05) is 6.26 Å². The molecule has 0 fully saturated rings. The summed E-state index contributed by atoms with van der Waals surface area (Å²) in [6, 6.07) is 17.1. The molecule has 0 unspecified atom stereocenters. The predicted molar refractivity (Wildman–Crippen MR) is 82.0 cm³/mol. The number of Topliss-reactive ketones (excluding diaryl/α,β-unsaturated/α-hetero) is 1. The normalized spacial score (nSPS) is 10.0. The van der Waals surface area contributed by atoms with Crippen molar-refractivity contribution < 1.29 is 4.79 Å². The fourth-order valence-corrected chi connectivity index (χ4v) is 2.33. The molecule has 0 aliphatic carbocycles. The molecule has 0 saturated heterocycles. The molecule has 0 spiro atoms. The molecule has 3 heteroatoms. The summed E-state index contributed by atoms with van der Waals surface area (Å²) in [7, 11) is 0. The number of carbonyl (C=O) groups is 1. The lowest BCUT2D eigenvalue weighted by molar-refractivity contribution is 0.0983. The Morgan fingerprint density at radius 3 is 2.30 bits per heavy atom. The molecule has 0 aliphatic heterocycles. The summed E-state index contributed by atoms with van der Waals surface area (Å²) in [5.74, 6) is 0.114. The van der Waals surface area contributed by atoms with Crippen LogP contribution in [0, 0.1) is 11.3 Å². The molecule has 0 aliphatic rings.